The number of nitrogens with two attached hydrogens (primary N) is 1. The molecular weight excluding hydrogens is 338 g/mol. The molecule has 1 aliphatic heterocycles. The number of carbonyl (C=O) groups is 1. The van der Waals surface area contributed by atoms with Crippen molar-refractivity contribution in [2.24, 2.45) is 5.73 Å². The van der Waals surface area contributed by atoms with Gasteiger partial charge in [-0.25, -0.2) is 4.98 Å². The summed E-state index contributed by atoms with van der Waals surface area (Å²) in [5.74, 6) is 0.912. The van der Waals surface area contributed by atoms with Crippen LogP contribution in [0.2, 0.25) is 0 Å². The topological polar surface area (TPSA) is 87.9 Å². The monoisotopic (exact) mass is 361 g/mol. The van der Waals surface area contributed by atoms with Gasteiger partial charge in [-0.2, -0.15) is 5.10 Å². The number of aromatic amines is 1. The summed E-state index contributed by atoms with van der Waals surface area (Å²) >= 11 is 0. The maximum Gasteiger partial charge on any atom is 0.250 e. The first-order valence-electron chi connectivity index (χ1n) is 9.28. The van der Waals surface area contributed by atoms with Crippen LogP contribution in [-0.2, 0) is 6.42 Å². The van der Waals surface area contributed by atoms with Crippen molar-refractivity contribution in [1.29, 1.82) is 0 Å². The number of nitrogens with zero attached hydrogens (tertiary/aromatic N) is 3. The Morgan fingerprint density at radius 3 is 2.59 bits per heavy atom. The van der Waals surface area contributed by atoms with E-state index in [0.717, 1.165) is 49.6 Å². The molecule has 27 heavy (non-hydrogen) atoms. The molecule has 0 unspecified atom stereocenters. The van der Waals surface area contributed by atoms with Gasteiger partial charge in [0, 0.05) is 37.3 Å². The molecule has 6 nitrogen and oxygen atoms in total. The number of pyridine rings is 1. The average molecular weight is 361 g/mol. The van der Waals surface area contributed by atoms with Gasteiger partial charge in [0.15, 0.2) is 0 Å². The van der Waals surface area contributed by atoms with Gasteiger partial charge < -0.3 is 10.6 Å². The number of benzene rings is 1. The van der Waals surface area contributed by atoms with Crippen LogP contribution in [0.25, 0.3) is 0 Å². The van der Waals surface area contributed by atoms with Crippen molar-refractivity contribution >= 4 is 11.7 Å². The lowest BCUT2D eigenvalue weighted by molar-refractivity contribution is 0.1000. The van der Waals surface area contributed by atoms with Gasteiger partial charge in [-0.05, 0) is 36.6 Å². The van der Waals surface area contributed by atoms with Crippen LogP contribution in [0.5, 0.6) is 0 Å². The number of carbonyl (C=O) groups excluding carboxylic acids is 1. The number of H-pyrrole nitrogens is 1. The number of hydrogen-bond acceptors (Lipinski definition) is 4. The summed E-state index contributed by atoms with van der Waals surface area (Å²) in [5.41, 5.74) is 9.30. The van der Waals surface area contributed by atoms with Gasteiger partial charge >= 0.3 is 0 Å². The number of piperidine rings is 1. The van der Waals surface area contributed by atoms with Crippen LogP contribution < -0.4 is 10.6 Å². The van der Waals surface area contributed by atoms with Crippen LogP contribution in [0.3, 0.4) is 0 Å². The fourth-order valence-corrected chi connectivity index (χ4v) is 3.62. The van der Waals surface area contributed by atoms with E-state index in [2.05, 4.69) is 50.4 Å². The van der Waals surface area contributed by atoms with Gasteiger partial charge in [0.1, 0.15) is 5.82 Å². The smallest absolute Gasteiger partial charge is 0.250 e. The van der Waals surface area contributed by atoms with Crippen molar-refractivity contribution in [1.82, 2.24) is 15.2 Å². The summed E-state index contributed by atoms with van der Waals surface area (Å²) in [7, 11) is 0. The number of rotatable bonds is 5. The summed E-state index contributed by atoms with van der Waals surface area (Å²) in [4.78, 5) is 17.8. The van der Waals surface area contributed by atoms with E-state index in [1.807, 2.05) is 12.1 Å². The molecule has 6 heteroatoms. The van der Waals surface area contributed by atoms with E-state index in [1.54, 1.807) is 12.3 Å². The van der Waals surface area contributed by atoms with Crippen molar-refractivity contribution in [3.05, 3.63) is 77.2 Å². The third-order valence-corrected chi connectivity index (χ3v) is 5.16. The largest absolute Gasteiger partial charge is 0.366 e. The van der Waals surface area contributed by atoms with E-state index in [4.69, 9.17) is 5.73 Å². The molecule has 1 fully saturated rings. The molecule has 3 heterocycles. The molecule has 4 rings (SSSR count). The van der Waals surface area contributed by atoms with E-state index < -0.39 is 5.91 Å². The van der Waals surface area contributed by atoms with Crippen LogP contribution in [0, 0.1) is 0 Å². The van der Waals surface area contributed by atoms with Gasteiger partial charge in [0.05, 0.1) is 11.3 Å². The molecule has 1 aliphatic rings. The quantitative estimate of drug-likeness (QED) is 0.731. The molecule has 1 amide bonds. The summed E-state index contributed by atoms with van der Waals surface area (Å²) in [6.45, 7) is 1.85. The Kier molecular flexibility index (Phi) is 4.87. The minimum absolute atomic E-state index is 0.441. The zero-order valence-corrected chi connectivity index (χ0v) is 15.1. The fourth-order valence-electron chi connectivity index (χ4n) is 3.62. The van der Waals surface area contributed by atoms with Gasteiger partial charge in [0.2, 0.25) is 5.91 Å². The average Bonchev–Trinajstić information content (AvgIpc) is 3.17. The van der Waals surface area contributed by atoms with Gasteiger partial charge in [0.25, 0.3) is 0 Å². The normalized spacial score (nSPS) is 15.0. The molecule has 0 spiro atoms. The molecule has 1 saturated heterocycles. The molecule has 0 bridgehead atoms. The van der Waals surface area contributed by atoms with Crippen molar-refractivity contribution < 1.29 is 4.79 Å². The second-order valence-electron chi connectivity index (χ2n) is 7.01. The highest BCUT2D eigenvalue weighted by Crippen LogP contribution is 2.29. The molecule has 0 saturated carbocycles. The summed E-state index contributed by atoms with van der Waals surface area (Å²) in [5, 5.41) is 7.75. The third-order valence-electron chi connectivity index (χ3n) is 5.16. The first-order chi connectivity index (χ1) is 13.2. The molecule has 0 aliphatic carbocycles. The molecule has 0 radical (unpaired) electrons. The van der Waals surface area contributed by atoms with E-state index in [0.29, 0.717) is 11.5 Å². The summed E-state index contributed by atoms with van der Waals surface area (Å²) in [6, 6.07) is 16.2. The maximum absolute atomic E-state index is 11.2. The number of nitrogens with one attached hydrogen (secondary N) is 1. The number of anilines is 1. The van der Waals surface area contributed by atoms with Crippen molar-refractivity contribution in [3.63, 3.8) is 0 Å². The summed E-state index contributed by atoms with van der Waals surface area (Å²) in [6.07, 6.45) is 4.50. The Bertz CT molecular complexity index is 896. The van der Waals surface area contributed by atoms with Crippen LogP contribution >= 0.6 is 0 Å². The fraction of sp³-hybridized carbons (Fsp3) is 0.286. The van der Waals surface area contributed by atoms with E-state index in [-0.39, 0.29) is 0 Å². The minimum atomic E-state index is -0.447. The highest BCUT2D eigenvalue weighted by atomic mass is 16.1. The first-order valence-corrected chi connectivity index (χ1v) is 9.28. The standard InChI is InChI=1S/C21H23N5O/c22-21(27)17-6-7-20(23-14-17)26-10-8-16(9-11-26)19-13-18(24-25-19)12-15-4-2-1-3-5-15/h1-7,13-14,16H,8-12H2,(H2,22,27)(H,24,25). The summed E-state index contributed by atoms with van der Waals surface area (Å²) < 4.78 is 0. The molecule has 138 valence electrons. The van der Waals surface area contributed by atoms with Crippen LogP contribution in [0.1, 0.15) is 46.1 Å². The molecule has 3 N–H and O–H groups in total. The highest BCUT2D eigenvalue weighted by molar-refractivity contribution is 5.92. The van der Waals surface area contributed by atoms with E-state index in [1.165, 1.54) is 5.56 Å². The minimum Gasteiger partial charge on any atom is -0.366 e. The van der Waals surface area contributed by atoms with Gasteiger partial charge in [-0.15, -0.1) is 0 Å². The first kappa shape index (κ1) is 17.3. The Morgan fingerprint density at radius 2 is 1.93 bits per heavy atom. The molecule has 1 aromatic carbocycles. The van der Waals surface area contributed by atoms with Crippen molar-refractivity contribution in [2.75, 3.05) is 18.0 Å². The zero-order valence-electron chi connectivity index (χ0n) is 15.1. The SMILES string of the molecule is NC(=O)c1ccc(N2CCC(c3cc(Cc4ccccc4)[nH]n3)CC2)nc1. The third kappa shape index (κ3) is 4.00. The van der Waals surface area contributed by atoms with Crippen LogP contribution in [0.15, 0.2) is 54.7 Å². The Balaban J connectivity index is 1.36. The maximum atomic E-state index is 11.2. The Hall–Kier alpha value is -3.15. The number of aromatic nitrogens is 3. The zero-order chi connectivity index (χ0) is 18.6. The van der Waals surface area contributed by atoms with Crippen molar-refractivity contribution in [3.8, 4) is 0 Å². The highest BCUT2D eigenvalue weighted by Gasteiger charge is 2.23. The Labute approximate surface area is 158 Å². The number of primary amides is 1. The molecular formula is C21H23N5O. The predicted octanol–water partition coefficient (Wildman–Crippen LogP) is 2.88. The Morgan fingerprint density at radius 1 is 1.15 bits per heavy atom. The second kappa shape index (κ2) is 7.61. The second-order valence-corrected chi connectivity index (χ2v) is 7.01. The number of hydrogen-bond donors (Lipinski definition) is 2. The van der Waals surface area contributed by atoms with Crippen molar-refractivity contribution in [2.45, 2.75) is 25.2 Å². The molecule has 2 aromatic heterocycles. The lowest BCUT2D eigenvalue weighted by atomic mass is 9.93. The predicted molar refractivity (Wildman–Crippen MR) is 105 cm³/mol. The van der Waals surface area contributed by atoms with E-state index in [9.17, 15) is 4.79 Å². The van der Waals surface area contributed by atoms with Crippen LogP contribution in [-0.4, -0.2) is 34.2 Å². The van der Waals surface area contributed by atoms with Gasteiger partial charge in [-0.1, -0.05) is 30.3 Å². The van der Waals surface area contributed by atoms with E-state index >= 15 is 0 Å². The van der Waals surface area contributed by atoms with Crippen LogP contribution in [0.4, 0.5) is 5.82 Å². The molecule has 3 aromatic rings. The molecule has 0 atom stereocenters. The lowest BCUT2D eigenvalue weighted by Crippen LogP contribution is -2.33. The van der Waals surface area contributed by atoms with Gasteiger partial charge in [-0.3, -0.25) is 9.89 Å². The lowest BCUT2D eigenvalue weighted by Gasteiger charge is -2.32. The number of amides is 1.